The third-order valence-electron chi connectivity index (χ3n) is 5.57. The van der Waals surface area contributed by atoms with Crippen molar-refractivity contribution in [3.63, 3.8) is 0 Å². The lowest BCUT2D eigenvalue weighted by molar-refractivity contribution is 0.102. The van der Waals surface area contributed by atoms with Gasteiger partial charge in [-0.05, 0) is 54.6 Å². The van der Waals surface area contributed by atoms with Crippen LogP contribution in [0, 0.1) is 0 Å². The number of hydrogen-bond acceptors (Lipinski definition) is 4. The van der Waals surface area contributed by atoms with Gasteiger partial charge in [-0.1, -0.05) is 23.7 Å². The number of nitrogens with one attached hydrogen (secondary N) is 1. The van der Waals surface area contributed by atoms with Gasteiger partial charge in [-0.3, -0.25) is 4.79 Å². The van der Waals surface area contributed by atoms with Crippen LogP contribution in [0.1, 0.15) is 16.2 Å². The monoisotopic (exact) mass is 432 g/mol. The van der Waals surface area contributed by atoms with E-state index >= 15 is 0 Å². The number of imidazole rings is 1. The first-order valence-electron chi connectivity index (χ1n) is 10.1. The highest BCUT2D eigenvalue weighted by molar-refractivity contribution is 6.34. The Labute approximate surface area is 185 Å². The SMILES string of the molecule is COc1ccc(N2CCn3c(nc4cc(NC(=O)c5ccccc5Cl)ccc43)C2)cc1. The summed E-state index contributed by atoms with van der Waals surface area (Å²) in [5.41, 5.74) is 4.22. The number of ether oxygens (including phenoxy) is 1. The largest absolute Gasteiger partial charge is 0.497 e. The molecule has 4 aromatic rings. The highest BCUT2D eigenvalue weighted by Crippen LogP contribution is 2.28. The van der Waals surface area contributed by atoms with Gasteiger partial charge >= 0.3 is 0 Å². The minimum Gasteiger partial charge on any atom is -0.497 e. The van der Waals surface area contributed by atoms with Gasteiger partial charge in [-0.25, -0.2) is 4.98 Å². The number of carbonyl (C=O) groups excluding carboxylic acids is 1. The van der Waals surface area contributed by atoms with E-state index in [0.29, 0.717) is 16.3 Å². The highest BCUT2D eigenvalue weighted by atomic mass is 35.5. The zero-order chi connectivity index (χ0) is 21.4. The number of hydrogen-bond donors (Lipinski definition) is 1. The number of benzene rings is 3. The Hall–Kier alpha value is -3.51. The maximum Gasteiger partial charge on any atom is 0.257 e. The Morgan fingerprint density at radius 2 is 1.87 bits per heavy atom. The average molecular weight is 433 g/mol. The number of methoxy groups -OCH3 is 1. The van der Waals surface area contributed by atoms with E-state index in [0.717, 1.165) is 47.9 Å². The first-order valence-corrected chi connectivity index (χ1v) is 10.4. The van der Waals surface area contributed by atoms with E-state index in [1.807, 2.05) is 30.3 Å². The van der Waals surface area contributed by atoms with Crippen LogP contribution in [0.4, 0.5) is 11.4 Å². The van der Waals surface area contributed by atoms with Crippen LogP contribution >= 0.6 is 11.6 Å². The summed E-state index contributed by atoms with van der Waals surface area (Å²) in [5.74, 6) is 1.62. The molecule has 0 spiro atoms. The molecule has 1 N–H and O–H groups in total. The maximum absolute atomic E-state index is 12.6. The van der Waals surface area contributed by atoms with E-state index in [-0.39, 0.29) is 5.91 Å². The summed E-state index contributed by atoms with van der Waals surface area (Å²) < 4.78 is 7.50. The molecule has 3 aromatic carbocycles. The molecular weight excluding hydrogens is 412 g/mol. The molecule has 0 atom stereocenters. The smallest absolute Gasteiger partial charge is 0.257 e. The van der Waals surface area contributed by atoms with Crippen molar-refractivity contribution in [1.29, 1.82) is 0 Å². The van der Waals surface area contributed by atoms with Gasteiger partial charge < -0.3 is 19.5 Å². The number of fused-ring (bicyclic) bond motifs is 3. The van der Waals surface area contributed by atoms with Gasteiger partial charge in [-0.2, -0.15) is 0 Å². The van der Waals surface area contributed by atoms with Crippen molar-refractivity contribution in [2.24, 2.45) is 0 Å². The lowest BCUT2D eigenvalue weighted by Crippen LogP contribution is -2.33. The molecule has 1 aliphatic heterocycles. The van der Waals surface area contributed by atoms with Gasteiger partial charge in [-0.15, -0.1) is 0 Å². The number of amides is 1. The molecule has 0 fully saturated rings. The van der Waals surface area contributed by atoms with Gasteiger partial charge in [0.2, 0.25) is 0 Å². The molecule has 1 aliphatic rings. The predicted molar refractivity (Wildman–Crippen MR) is 123 cm³/mol. The quantitative estimate of drug-likeness (QED) is 0.494. The molecule has 0 bridgehead atoms. The second-order valence-corrected chi connectivity index (χ2v) is 7.84. The molecule has 0 aliphatic carbocycles. The van der Waals surface area contributed by atoms with Crippen LogP contribution in [0.15, 0.2) is 66.7 Å². The van der Waals surface area contributed by atoms with Gasteiger partial charge in [0.25, 0.3) is 5.91 Å². The van der Waals surface area contributed by atoms with E-state index in [1.165, 1.54) is 0 Å². The zero-order valence-electron chi connectivity index (χ0n) is 17.0. The lowest BCUT2D eigenvalue weighted by atomic mass is 10.2. The second kappa shape index (κ2) is 7.96. The first-order chi connectivity index (χ1) is 15.1. The van der Waals surface area contributed by atoms with Gasteiger partial charge in [0.1, 0.15) is 11.6 Å². The van der Waals surface area contributed by atoms with Crippen molar-refractivity contribution in [3.05, 3.63) is 83.1 Å². The Kier molecular flexibility index (Phi) is 5.00. The van der Waals surface area contributed by atoms with Crippen LogP contribution in [0.5, 0.6) is 5.75 Å². The fraction of sp³-hybridized carbons (Fsp3) is 0.167. The topological polar surface area (TPSA) is 59.4 Å². The fourth-order valence-corrected chi connectivity index (χ4v) is 4.18. The summed E-state index contributed by atoms with van der Waals surface area (Å²) in [6.07, 6.45) is 0. The van der Waals surface area contributed by atoms with Crippen molar-refractivity contribution in [2.45, 2.75) is 13.1 Å². The van der Waals surface area contributed by atoms with Gasteiger partial charge in [0.05, 0.1) is 35.3 Å². The van der Waals surface area contributed by atoms with E-state index in [2.05, 4.69) is 26.9 Å². The fourth-order valence-electron chi connectivity index (χ4n) is 3.96. The molecule has 2 heterocycles. The first kappa shape index (κ1) is 19.5. The van der Waals surface area contributed by atoms with Crippen LogP contribution in [-0.4, -0.2) is 29.1 Å². The Bertz CT molecular complexity index is 1270. The third kappa shape index (κ3) is 3.70. The third-order valence-corrected chi connectivity index (χ3v) is 5.90. The molecule has 31 heavy (non-hydrogen) atoms. The standard InChI is InChI=1S/C24H21ClN4O2/c1-31-18-9-7-17(8-10-18)28-12-13-29-22-11-6-16(14-21(22)27-23(29)15-28)26-24(30)19-4-2-3-5-20(19)25/h2-11,14H,12-13,15H2,1H3,(H,26,30). The Morgan fingerprint density at radius 3 is 2.65 bits per heavy atom. The number of nitrogens with zero attached hydrogens (tertiary/aromatic N) is 3. The molecule has 1 aromatic heterocycles. The van der Waals surface area contributed by atoms with E-state index in [9.17, 15) is 4.79 Å². The van der Waals surface area contributed by atoms with Crippen molar-refractivity contribution >= 4 is 39.9 Å². The minimum absolute atomic E-state index is 0.236. The van der Waals surface area contributed by atoms with E-state index in [1.54, 1.807) is 31.4 Å². The van der Waals surface area contributed by atoms with Crippen molar-refractivity contribution < 1.29 is 9.53 Å². The molecule has 6 nitrogen and oxygen atoms in total. The minimum atomic E-state index is -0.236. The number of halogens is 1. The molecule has 0 saturated heterocycles. The Morgan fingerprint density at radius 1 is 1.06 bits per heavy atom. The zero-order valence-corrected chi connectivity index (χ0v) is 17.8. The normalized spacial score (nSPS) is 13.2. The van der Waals surface area contributed by atoms with Crippen molar-refractivity contribution in [3.8, 4) is 5.75 Å². The molecule has 0 unspecified atom stereocenters. The van der Waals surface area contributed by atoms with Crippen LogP contribution in [-0.2, 0) is 13.1 Å². The van der Waals surface area contributed by atoms with Crippen LogP contribution < -0.4 is 15.0 Å². The lowest BCUT2D eigenvalue weighted by Gasteiger charge is -2.30. The van der Waals surface area contributed by atoms with Crippen molar-refractivity contribution in [2.75, 3.05) is 23.9 Å². The molecule has 0 radical (unpaired) electrons. The summed E-state index contributed by atoms with van der Waals surface area (Å²) in [6, 6.07) is 20.9. The molecule has 5 rings (SSSR count). The van der Waals surface area contributed by atoms with E-state index < -0.39 is 0 Å². The number of anilines is 2. The number of carbonyl (C=O) groups is 1. The second-order valence-electron chi connectivity index (χ2n) is 7.44. The Balaban J connectivity index is 1.38. The predicted octanol–water partition coefficient (Wildman–Crippen LogP) is 4.97. The molecule has 0 saturated carbocycles. The van der Waals surface area contributed by atoms with Gasteiger partial charge in [0.15, 0.2) is 0 Å². The maximum atomic E-state index is 12.6. The van der Waals surface area contributed by atoms with Gasteiger partial charge in [0, 0.05) is 24.5 Å². The molecular formula is C24H21ClN4O2. The summed E-state index contributed by atoms with van der Waals surface area (Å²) in [6.45, 7) is 2.47. The van der Waals surface area contributed by atoms with Crippen molar-refractivity contribution in [1.82, 2.24) is 9.55 Å². The van der Waals surface area contributed by atoms with Crippen LogP contribution in [0.2, 0.25) is 5.02 Å². The van der Waals surface area contributed by atoms with Crippen LogP contribution in [0.25, 0.3) is 11.0 Å². The summed E-state index contributed by atoms with van der Waals surface area (Å²) in [4.78, 5) is 19.7. The summed E-state index contributed by atoms with van der Waals surface area (Å²) in [5, 5.41) is 3.35. The summed E-state index contributed by atoms with van der Waals surface area (Å²) >= 11 is 6.14. The van der Waals surface area contributed by atoms with E-state index in [4.69, 9.17) is 21.3 Å². The number of rotatable bonds is 4. The van der Waals surface area contributed by atoms with Crippen LogP contribution in [0.3, 0.4) is 0 Å². The highest BCUT2D eigenvalue weighted by Gasteiger charge is 2.21. The number of aromatic nitrogens is 2. The summed E-state index contributed by atoms with van der Waals surface area (Å²) in [7, 11) is 1.67. The molecule has 7 heteroatoms. The molecule has 156 valence electrons. The average Bonchev–Trinajstić information content (AvgIpc) is 3.16. The molecule has 1 amide bonds.